The molecule has 7 nitrogen and oxygen atoms in total. The maximum Gasteiger partial charge on any atom is 0.267 e. The van der Waals surface area contributed by atoms with Crippen molar-refractivity contribution in [2.45, 2.75) is 6.54 Å². The predicted molar refractivity (Wildman–Crippen MR) is 76.7 cm³/mol. The number of hydrogen-bond acceptors (Lipinski definition) is 5. The highest BCUT2D eigenvalue weighted by atomic mass is 16.5. The third-order valence-electron chi connectivity index (χ3n) is 2.76. The fourth-order valence-corrected chi connectivity index (χ4v) is 1.73. The summed E-state index contributed by atoms with van der Waals surface area (Å²) in [6, 6.07) is 7.88. The van der Waals surface area contributed by atoms with Crippen molar-refractivity contribution in [3.8, 4) is 11.5 Å². The fraction of sp³-hybridized carbons (Fsp3) is 0.214. The van der Waals surface area contributed by atoms with Crippen LogP contribution in [0.25, 0.3) is 0 Å². The third kappa shape index (κ3) is 3.59. The number of hydrogen-bond donors (Lipinski definition) is 1. The van der Waals surface area contributed by atoms with Gasteiger partial charge in [0.2, 0.25) is 5.91 Å². The zero-order valence-electron chi connectivity index (χ0n) is 11.7. The van der Waals surface area contributed by atoms with Crippen molar-refractivity contribution >= 4 is 11.6 Å². The van der Waals surface area contributed by atoms with Crippen LogP contribution < -0.4 is 20.3 Å². The van der Waals surface area contributed by atoms with Gasteiger partial charge < -0.3 is 14.8 Å². The van der Waals surface area contributed by atoms with Crippen LogP contribution in [0.4, 0.5) is 5.69 Å². The van der Waals surface area contributed by atoms with Gasteiger partial charge in [0, 0.05) is 18.3 Å². The van der Waals surface area contributed by atoms with Crippen molar-refractivity contribution in [2.75, 3.05) is 19.5 Å². The maximum atomic E-state index is 12.0. The van der Waals surface area contributed by atoms with Crippen LogP contribution in [0.1, 0.15) is 0 Å². The van der Waals surface area contributed by atoms with Gasteiger partial charge in [-0.2, -0.15) is 5.10 Å². The summed E-state index contributed by atoms with van der Waals surface area (Å²) in [7, 11) is 3.04. The maximum absolute atomic E-state index is 12.0. The summed E-state index contributed by atoms with van der Waals surface area (Å²) in [5.41, 5.74) is 0.154. The molecule has 21 heavy (non-hydrogen) atoms. The first-order valence-electron chi connectivity index (χ1n) is 6.18. The van der Waals surface area contributed by atoms with E-state index in [0.717, 1.165) is 4.68 Å². The molecular weight excluding hydrogens is 274 g/mol. The van der Waals surface area contributed by atoms with E-state index >= 15 is 0 Å². The molecule has 0 unspecified atom stereocenters. The standard InChI is InChI=1S/C14H15N3O4/c1-20-10-5-6-11(12(8-10)21-2)16-13(18)9-17-14(19)4-3-7-15-17/h3-8H,9H2,1-2H3,(H,16,18). The minimum atomic E-state index is -0.376. The van der Waals surface area contributed by atoms with E-state index in [1.807, 2.05) is 0 Å². The lowest BCUT2D eigenvalue weighted by Crippen LogP contribution is -2.28. The molecule has 2 aromatic rings. The summed E-state index contributed by atoms with van der Waals surface area (Å²) in [4.78, 5) is 23.5. The molecule has 0 spiro atoms. The smallest absolute Gasteiger partial charge is 0.267 e. The summed E-state index contributed by atoms with van der Waals surface area (Å²) >= 11 is 0. The summed E-state index contributed by atoms with van der Waals surface area (Å²) in [5, 5.41) is 6.49. The molecule has 0 aliphatic heterocycles. The largest absolute Gasteiger partial charge is 0.497 e. The van der Waals surface area contributed by atoms with Crippen molar-refractivity contribution in [2.24, 2.45) is 0 Å². The Morgan fingerprint density at radius 2 is 2.10 bits per heavy atom. The molecule has 1 amide bonds. The summed E-state index contributed by atoms with van der Waals surface area (Å²) in [6.45, 7) is -0.172. The molecule has 1 aromatic heterocycles. The Labute approximate surface area is 121 Å². The van der Waals surface area contributed by atoms with E-state index in [9.17, 15) is 9.59 Å². The van der Waals surface area contributed by atoms with Crippen LogP contribution >= 0.6 is 0 Å². The number of methoxy groups -OCH3 is 2. The number of carbonyl (C=O) groups excluding carboxylic acids is 1. The van der Waals surface area contributed by atoms with Crippen molar-refractivity contribution in [1.29, 1.82) is 0 Å². The number of carbonyl (C=O) groups is 1. The second-order valence-electron chi connectivity index (χ2n) is 4.13. The van der Waals surface area contributed by atoms with Crippen molar-refractivity contribution in [3.05, 3.63) is 46.9 Å². The highest BCUT2D eigenvalue weighted by Crippen LogP contribution is 2.28. The molecule has 0 radical (unpaired) electrons. The van der Waals surface area contributed by atoms with E-state index in [0.29, 0.717) is 17.2 Å². The first kappa shape index (κ1) is 14.6. The molecule has 0 aliphatic rings. The lowest BCUT2D eigenvalue weighted by atomic mass is 10.2. The molecule has 0 aliphatic carbocycles. The average Bonchev–Trinajstić information content (AvgIpc) is 2.50. The molecule has 0 fully saturated rings. The fourth-order valence-electron chi connectivity index (χ4n) is 1.73. The Hall–Kier alpha value is -2.83. The summed E-state index contributed by atoms with van der Waals surface area (Å²) in [5.74, 6) is 0.709. The molecule has 0 saturated carbocycles. The zero-order valence-corrected chi connectivity index (χ0v) is 11.7. The van der Waals surface area contributed by atoms with Gasteiger partial charge in [-0.3, -0.25) is 9.59 Å². The first-order valence-corrected chi connectivity index (χ1v) is 6.18. The molecule has 1 aromatic carbocycles. The second kappa shape index (κ2) is 6.56. The summed E-state index contributed by atoms with van der Waals surface area (Å²) in [6.07, 6.45) is 1.45. The molecular formula is C14H15N3O4. The number of aromatic nitrogens is 2. The minimum absolute atomic E-state index is 0.172. The zero-order chi connectivity index (χ0) is 15.2. The number of benzene rings is 1. The molecule has 7 heteroatoms. The Morgan fingerprint density at radius 3 is 2.76 bits per heavy atom. The van der Waals surface area contributed by atoms with E-state index in [1.165, 1.54) is 25.4 Å². The molecule has 1 N–H and O–H groups in total. The topological polar surface area (TPSA) is 82.5 Å². The highest BCUT2D eigenvalue weighted by molar-refractivity contribution is 5.92. The molecule has 110 valence electrons. The Kier molecular flexibility index (Phi) is 4.55. The van der Waals surface area contributed by atoms with Gasteiger partial charge in [0.1, 0.15) is 18.0 Å². The lowest BCUT2D eigenvalue weighted by molar-refractivity contribution is -0.117. The van der Waals surface area contributed by atoms with Crippen LogP contribution in [0.3, 0.4) is 0 Å². The number of nitrogens with zero attached hydrogens (tertiary/aromatic N) is 2. The molecule has 0 saturated heterocycles. The normalized spacial score (nSPS) is 10.0. The van der Waals surface area contributed by atoms with E-state index in [4.69, 9.17) is 9.47 Å². The van der Waals surface area contributed by atoms with Gasteiger partial charge in [0.25, 0.3) is 5.56 Å². The quantitative estimate of drug-likeness (QED) is 0.884. The van der Waals surface area contributed by atoms with E-state index in [1.54, 1.807) is 25.3 Å². The van der Waals surface area contributed by atoms with Gasteiger partial charge in [0.15, 0.2) is 0 Å². The van der Waals surface area contributed by atoms with Crippen LogP contribution in [0, 0.1) is 0 Å². The highest BCUT2D eigenvalue weighted by Gasteiger charge is 2.10. The number of rotatable bonds is 5. The first-order chi connectivity index (χ1) is 10.1. The number of nitrogens with one attached hydrogen (secondary N) is 1. The van der Waals surface area contributed by atoms with Crippen LogP contribution in [0.5, 0.6) is 11.5 Å². The number of ether oxygens (including phenoxy) is 2. The van der Waals surface area contributed by atoms with Gasteiger partial charge in [-0.15, -0.1) is 0 Å². The molecule has 2 rings (SSSR count). The van der Waals surface area contributed by atoms with Crippen molar-refractivity contribution < 1.29 is 14.3 Å². The van der Waals surface area contributed by atoms with Crippen LogP contribution in [0.2, 0.25) is 0 Å². The Morgan fingerprint density at radius 1 is 1.29 bits per heavy atom. The summed E-state index contributed by atoms with van der Waals surface area (Å²) < 4.78 is 11.3. The lowest BCUT2D eigenvalue weighted by Gasteiger charge is -2.11. The third-order valence-corrected chi connectivity index (χ3v) is 2.76. The van der Waals surface area contributed by atoms with Gasteiger partial charge in [-0.05, 0) is 18.2 Å². The molecule has 0 atom stereocenters. The van der Waals surface area contributed by atoms with E-state index in [2.05, 4.69) is 10.4 Å². The number of anilines is 1. The average molecular weight is 289 g/mol. The van der Waals surface area contributed by atoms with Gasteiger partial charge in [-0.1, -0.05) is 0 Å². The van der Waals surface area contributed by atoms with E-state index < -0.39 is 0 Å². The molecule has 1 heterocycles. The SMILES string of the molecule is COc1ccc(NC(=O)Cn2ncccc2=O)c(OC)c1. The van der Waals surface area contributed by atoms with Crippen molar-refractivity contribution in [1.82, 2.24) is 9.78 Å². The second-order valence-corrected chi connectivity index (χ2v) is 4.13. The number of amides is 1. The van der Waals surface area contributed by atoms with Crippen LogP contribution in [-0.4, -0.2) is 29.9 Å². The van der Waals surface area contributed by atoms with Crippen LogP contribution in [0.15, 0.2) is 41.3 Å². The monoisotopic (exact) mass is 289 g/mol. The van der Waals surface area contributed by atoms with Crippen LogP contribution in [-0.2, 0) is 11.3 Å². The Balaban J connectivity index is 2.13. The Bertz CT molecular complexity index is 697. The van der Waals surface area contributed by atoms with Gasteiger partial charge in [-0.25, -0.2) is 4.68 Å². The predicted octanol–water partition coefficient (Wildman–Crippen LogP) is 0.899. The van der Waals surface area contributed by atoms with Crippen molar-refractivity contribution in [3.63, 3.8) is 0 Å². The molecule has 0 bridgehead atoms. The van der Waals surface area contributed by atoms with Gasteiger partial charge in [0.05, 0.1) is 19.9 Å². The van der Waals surface area contributed by atoms with E-state index in [-0.39, 0.29) is 18.0 Å². The minimum Gasteiger partial charge on any atom is -0.497 e. The van der Waals surface area contributed by atoms with Gasteiger partial charge >= 0.3 is 0 Å².